The number of allylic oxidation sites excluding steroid dienone is 1. The van der Waals surface area contributed by atoms with Gasteiger partial charge in [0.2, 0.25) is 5.91 Å². The largest absolute Gasteiger partial charge is 0.479 e. The quantitative estimate of drug-likeness (QED) is 0.418. The minimum atomic E-state index is -0.653. The molecule has 0 saturated heterocycles. The van der Waals surface area contributed by atoms with Gasteiger partial charge in [0.05, 0.1) is 17.8 Å². The fourth-order valence-electron chi connectivity index (χ4n) is 3.23. The number of aromatic amines is 1. The van der Waals surface area contributed by atoms with Crippen LogP contribution in [-0.4, -0.2) is 44.2 Å². The summed E-state index contributed by atoms with van der Waals surface area (Å²) in [6.45, 7) is 5.81. The third-order valence-corrected chi connectivity index (χ3v) is 5.78. The number of nitrogens with zero attached hydrogens (tertiary/aromatic N) is 4. The third kappa shape index (κ3) is 4.42. The molecule has 2 amide bonds. The first-order valence-corrected chi connectivity index (χ1v) is 10.8. The van der Waals surface area contributed by atoms with Crippen LogP contribution < -0.4 is 15.0 Å². The van der Waals surface area contributed by atoms with Crippen molar-refractivity contribution in [3.05, 3.63) is 58.6 Å². The number of carbonyl (C=O) groups is 2. The Bertz CT molecular complexity index is 1200. The number of fused-ring (bicyclic) bond motifs is 1. The molecule has 0 bridgehead atoms. The maximum absolute atomic E-state index is 12.6. The first-order valence-electron chi connectivity index (χ1n) is 9.52. The fraction of sp³-hybridized carbons (Fsp3) is 0.250. The van der Waals surface area contributed by atoms with E-state index in [4.69, 9.17) is 17.0 Å². The molecule has 4 rings (SSSR count). The Kier molecular flexibility index (Phi) is 5.96. The van der Waals surface area contributed by atoms with E-state index in [1.807, 2.05) is 16.0 Å². The van der Waals surface area contributed by atoms with Crippen LogP contribution in [0, 0.1) is 4.77 Å². The Morgan fingerprint density at radius 1 is 1.45 bits per heavy atom. The molecule has 0 aliphatic carbocycles. The number of nitrogens with one attached hydrogen (secondary N) is 2. The van der Waals surface area contributed by atoms with Crippen molar-refractivity contribution in [1.29, 1.82) is 0 Å². The van der Waals surface area contributed by atoms with E-state index in [0.29, 0.717) is 34.3 Å². The molecule has 0 spiro atoms. The summed E-state index contributed by atoms with van der Waals surface area (Å²) >= 11 is 6.53. The lowest BCUT2D eigenvalue weighted by molar-refractivity contribution is -0.127. The molecule has 1 aliphatic rings. The minimum Gasteiger partial charge on any atom is -0.479 e. The topological polar surface area (TPSA) is 105 Å². The highest BCUT2D eigenvalue weighted by molar-refractivity contribution is 7.71. The Morgan fingerprint density at radius 3 is 3.06 bits per heavy atom. The minimum absolute atomic E-state index is 0.129. The van der Waals surface area contributed by atoms with Crippen molar-refractivity contribution in [2.45, 2.75) is 26.0 Å². The van der Waals surface area contributed by atoms with Crippen molar-refractivity contribution in [2.75, 3.05) is 16.8 Å². The summed E-state index contributed by atoms with van der Waals surface area (Å²) in [6.07, 6.45) is 1.55. The summed E-state index contributed by atoms with van der Waals surface area (Å²) in [5, 5.41) is 12.1. The fourth-order valence-corrected chi connectivity index (χ4v) is 4.19. The highest BCUT2D eigenvalue weighted by Gasteiger charge is 2.32. The summed E-state index contributed by atoms with van der Waals surface area (Å²) in [6, 6.07) is 7.15. The predicted octanol–water partition coefficient (Wildman–Crippen LogP) is 2.93. The molecule has 0 unspecified atom stereocenters. The van der Waals surface area contributed by atoms with Gasteiger partial charge in [0, 0.05) is 11.9 Å². The molecule has 0 saturated carbocycles. The second-order valence-electron chi connectivity index (χ2n) is 6.87. The number of amides is 2. The molecular formula is C20H20N6O3S2. The number of rotatable bonds is 7. The zero-order valence-electron chi connectivity index (χ0n) is 16.7. The van der Waals surface area contributed by atoms with Gasteiger partial charge in [-0.2, -0.15) is 5.10 Å². The van der Waals surface area contributed by atoms with Gasteiger partial charge in [-0.3, -0.25) is 24.2 Å². The lowest BCUT2D eigenvalue weighted by Gasteiger charge is -2.32. The van der Waals surface area contributed by atoms with E-state index in [1.165, 1.54) is 16.2 Å². The third-order valence-electron chi connectivity index (χ3n) is 4.66. The van der Waals surface area contributed by atoms with Crippen molar-refractivity contribution < 1.29 is 14.3 Å². The lowest BCUT2D eigenvalue weighted by Crippen LogP contribution is -2.47. The van der Waals surface area contributed by atoms with Gasteiger partial charge < -0.3 is 10.1 Å². The zero-order valence-corrected chi connectivity index (χ0v) is 18.3. The molecular weight excluding hydrogens is 436 g/mol. The number of anilines is 2. The first kappa shape index (κ1) is 20.9. The number of para-hydroxylation sites is 2. The van der Waals surface area contributed by atoms with Gasteiger partial charge in [-0.05, 0) is 31.3 Å². The number of H-pyrrole nitrogens is 1. The Labute approximate surface area is 187 Å². The van der Waals surface area contributed by atoms with Crippen LogP contribution in [0.4, 0.5) is 10.8 Å². The predicted molar refractivity (Wildman–Crippen MR) is 120 cm³/mol. The number of thiazole rings is 1. The van der Waals surface area contributed by atoms with E-state index in [-0.39, 0.29) is 18.4 Å². The Balaban J connectivity index is 1.44. The van der Waals surface area contributed by atoms with Gasteiger partial charge in [-0.25, -0.2) is 4.98 Å². The van der Waals surface area contributed by atoms with Crippen LogP contribution in [0.3, 0.4) is 0 Å². The molecule has 1 aromatic carbocycles. The zero-order chi connectivity index (χ0) is 22.0. The van der Waals surface area contributed by atoms with Crippen LogP contribution in [0.25, 0.3) is 0 Å². The number of benzene rings is 1. The van der Waals surface area contributed by atoms with Crippen LogP contribution in [0.15, 0.2) is 42.3 Å². The molecule has 9 nitrogen and oxygen atoms in total. The van der Waals surface area contributed by atoms with E-state index < -0.39 is 6.10 Å². The molecule has 3 heterocycles. The van der Waals surface area contributed by atoms with Crippen molar-refractivity contribution in [2.24, 2.45) is 0 Å². The van der Waals surface area contributed by atoms with Gasteiger partial charge in [-0.1, -0.05) is 18.2 Å². The molecule has 0 radical (unpaired) electrons. The van der Waals surface area contributed by atoms with Gasteiger partial charge in [-0.15, -0.1) is 17.9 Å². The summed E-state index contributed by atoms with van der Waals surface area (Å²) in [4.78, 5) is 31.1. The second kappa shape index (κ2) is 8.82. The number of hydrogen-bond acceptors (Lipinski definition) is 7. The molecule has 2 aromatic heterocycles. The maximum atomic E-state index is 12.6. The van der Waals surface area contributed by atoms with Gasteiger partial charge >= 0.3 is 0 Å². The van der Waals surface area contributed by atoms with Gasteiger partial charge in [0.15, 0.2) is 16.0 Å². The number of hydrogen-bond donors (Lipinski definition) is 2. The summed E-state index contributed by atoms with van der Waals surface area (Å²) < 4.78 is 7.96. The Hall–Kier alpha value is -3.31. The molecule has 1 aliphatic heterocycles. The number of ether oxygens (including phenoxy) is 1. The summed E-state index contributed by atoms with van der Waals surface area (Å²) in [5.74, 6) is 0.704. The average Bonchev–Trinajstić information content (AvgIpc) is 3.33. The lowest BCUT2D eigenvalue weighted by atomic mass is 10.2. The molecule has 3 aromatic rings. The van der Waals surface area contributed by atoms with E-state index in [1.54, 1.807) is 31.2 Å². The van der Waals surface area contributed by atoms with E-state index >= 15 is 0 Å². The molecule has 2 N–H and O–H groups in total. The van der Waals surface area contributed by atoms with Crippen LogP contribution in [0.1, 0.15) is 18.4 Å². The van der Waals surface area contributed by atoms with Crippen LogP contribution in [0.5, 0.6) is 5.75 Å². The Morgan fingerprint density at radius 2 is 2.26 bits per heavy atom. The second-order valence-corrected chi connectivity index (χ2v) is 8.11. The smallest absolute Gasteiger partial charge is 0.268 e. The average molecular weight is 457 g/mol. The highest BCUT2D eigenvalue weighted by atomic mass is 32.1. The number of aromatic nitrogens is 4. The number of carbonyl (C=O) groups excluding carboxylic acids is 2. The molecule has 31 heavy (non-hydrogen) atoms. The van der Waals surface area contributed by atoms with E-state index in [9.17, 15) is 9.59 Å². The van der Waals surface area contributed by atoms with Crippen molar-refractivity contribution in [3.8, 4) is 5.75 Å². The van der Waals surface area contributed by atoms with Crippen LogP contribution in [-0.2, 0) is 22.6 Å². The standard InChI is InChI=1S/C20H20N6O3S2/c1-3-8-25-16(23-24-20(25)30)9-13-11-31-19(21-13)22-17(27)10-26-14-6-4-5-7-15(14)29-12(2)18(26)28/h3-7,11-12H,1,8-10H2,2H3,(H,24,30)(H,21,22,27)/t12-/m0/s1. The van der Waals surface area contributed by atoms with Crippen LogP contribution >= 0.6 is 23.6 Å². The van der Waals surface area contributed by atoms with Gasteiger partial charge in [0.1, 0.15) is 18.1 Å². The van der Waals surface area contributed by atoms with E-state index in [2.05, 4.69) is 27.1 Å². The molecule has 1 atom stereocenters. The summed E-state index contributed by atoms with van der Waals surface area (Å²) in [5.41, 5.74) is 1.33. The first-order chi connectivity index (χ1) is 15.0. The highest BCUT2D eigenvalue weighted by Crippen LogP contribution is 2.33. The van der Waals surface area contributed by atoms with E-state index in [0.717, 1.165) is 11.5 Å². The summed E-state index contributed by atoms with van der Waals surface area (Å²) in [7, 11) is 0. The molecule has 160 valence electrons. The molecule has 11 heteroatoms. The van der Waals surface area contributed by atoms with Crippen molar-refractivity contribution >= 4 is 46.2 Å². The normalized spacial score (nSPS) is 15.3. The SMILES string of the molecule is C=CCn1c(Cc2csc(NC(=O)CN3C(=O)[C@H](C)Oc4ccccc43)n2)n[nH]c1=S. The van der Waals surface area contributed by atoms with Gasteiger partial charge in [0.25, 0.3) is 5.91 Å². The maximum Gasteiger partial charge on any atom is 0.268 e. The van der Waals surface area contributed by atoms with Crippen molar-refractivity contribution in [3.63, 3.8) is 0 Å². The van der Waals surface area contributed by atoms with Crippen LogP contribution in [0.2, 0.25) is 0 Å². The molecule has 0 fully saturated rings. The monoisotopic (exact) mass is 456 g/mol. The van der Waals surface area contributed by atoms with Crippen molar-refractivity contribution in [1.82, 2.24) is 19.7 Å².